The number of nitrogens with one attached hydrogen (secondary N) is 1. The highest BCUT2D eigenvalue weighted by molar-refractivity contribution is 8.14. The molecule has 1 N–H and O–H groups in total. The smallest absolute Gasteiger partial charge is 0.284 e. The summed E-state index contributed by atoms with van der Waals surface area (Å²) < 4.78 is 5.08. The number of rotatable bonds is 4. The maximum absolute atomic E-state index is 12.0. The van der Waals surface area contributed by atoms with E-state index in [1.165, 1.54) is 11.8 Å². The van der Waals surface area contributed by atoms with Gasteiger partial charge in [-0.3, -0.25) is 4.79 Å². The van der Waals surface area contributed by atoms with Gasteiger partial charge in [-0.1, -0.05) is 42.1 Å². The van der Waals surface area contributed by atoms with Crippen LogP contribution in [0.4, 0.5) is 10.5 Å². The van der Waals surface area contributed by atoms with Crippen molar-refractivity contribution in [3.05, 3.63) is 60.2 Å². The van der Waals surface area contributed by atoms with Crippen LogP contribution in [-0.2, 0) is 0 Å². The summed E-state index contributed by atoms with van der Waals surface area (Å²) in [5.74, 6) is 0.772. The number of amides is 1. The number of methoxy groups -OCH3 is 1. The average Bonchev–Trinajstić information content (AvgIpc) is 2.49. The fourth-order valence-electron chi connectivity index (χ4n) is 1.77. The molecular weight excluding hydrogens is 270 g/mol. The van der Waals surface area contributed by atoms with Gasteiger partial charge in [-0.2, -0.15) is 0 Å². The van der Waals surface area contributed by atoms with Crippen LogP contribution in [0.5, 0.6) is 5.75 Å². The van der Waals surface area contributed by atoms with E-state index in [-0.39, 0.29) is 10.5 Å². The molecule has 0 aliphatic carbocycles. The number of hydrogen-bond donors (Lipinski definition) is 1. The summed E-state index contributed by atoms with van der Waals surface area (Å²) in [5.41, 5.74) is 1.91. The molecule has 2 rings (SSSR count). The standard InChI is InChI=1S/C16H17NO2S/c1-12(13-6-4-3-5-7-13)20-16(18)17-14-8-10-15(19-2)11-9-14/h3-12H,1-2H3,(H,17,18). The molecule has 0 aliphatic heterocycles. The first kappa shape index (κ1) is 14.5. The van der Waals surface area contributed by atoms with Crippen molar-refractivity contribution in [2.75, 3.05) is 12.4 Å². The van der Waals surface area contributed by atoms with Gasteiger partial charge in [0.15, 0.2) is 0 Å². The molecule has 3 nitrogen and oxygen atoms in total. The Bertz CT molecular complexity index is 554. The number of thioether (sulfide) groups is 1. The predicted molar refractivity (Wildman–Crippen MR) is 84.5 cm³/mol. The van der Waals surface area contributed by atoms with E-state index < -0.39 is 0 Å². The molecule has 0 aliphatic rings. The second-order valence-corrected chi connectivity index (χ2v) is 5.63. The minimum absolute atomic E-state index is 0.0634. The van der Waals surface area contributed by atoms with Crippen LogP contribution in [0.2, 0.25) is 0 Å². The monoisotopic (exact) mass is 287 g/mol. The summed E-state index contributed by atoms with van der Waals surface area (Å²) in [7, 11) is 1.62. The largest absolute Gasteiger partial charge is 0.497 e. The Morgan fingerprint density at radius 1 is 1.10 bits per heavy atom. The Hall–Kier alpha value is -1.94. The van der Waals surface area contributed by atoms with Crippen LogP contribution < -0.4 is 10.1 Å². The number of ether oxygens (including phenoxy) is 1. The first-order valence-electron chi connectivity index (χ1n) is 6.35. The minimum Gasteiger partial charge on any atom is -0.497 e. The molecule has 0 saturated heterocycles. The van der Waals surface area contributed by atoms with E-state index in [9.17, 15) is 4.79 Å². The van der Waals surface area contributed by atoms with Crippen molar-refractivity contribution in [1.82, 2.24) is 0 Å². The third-order valence-corrected chi connectivity index (χ3v) is 3.83. The molecule has 2 aromatic carbocycles. The van der Waals surface area contributed by atoms with Crippen LogP contribution >= 0.6 is 11.8 Å². The molecule has 1 atom stereocenters. The maximum Gasteiger partial charge on any atom is 0.284 e. The van der Waals surface area contributed by atoms with Gasteiger partial charge in [0.05, 0.1) is 7.11 Å². The molecule has 1 unspecified atom stereocenters. The molecule has 1 amide bonds. The third-order valence-electron chi connectivity index (χ3n) is 2.89. The van der Waals surface area contributed by atoms with Crippen LogP contribution in [-0.4, -0.2) is 12.3 Å². The molecule has 0 heterocycles. The maximum atomic E-state index is 12.0. The van der Waals surface area contributed by atoms with Crippen LogP contribution in [0.1, 0.15) is 17.7 Å². The first-order chi connectivity index (χ1) is 9.69. The lowest BCUT2D eigenvalue weighted by Gasteiger charge is -2.11. The SMILES string of the molecule is COc1ccc(NC(=O)SC(C)c2ccccc2)cc1. The lowest BCUT2D eigenvalue weighted by Crippen LogP contribution is -2.06. The van der Waals surface area contributed by atoms with Crippen molar-refractivity contribution in [3.8, 4) is 5.75 Å². The average molecular weight is 287 g/mol. The van der Waals surface area contributed by atoms with E-state index >= 15 is 0 Å². The molecular formula is C16H17NO2S. The van der Waals surface area contributed by atoms with Crippen LogP contribution in [0.3, 0.4) is 0 Å². The lowest BCUT2D eigenvalue weighted by molar-refractivity contribution is 0.269. The van der Waals surface area contributed by atoms with Gasteiger partial charge >= 0.3 is 0 Å². The quantitative estimate of drug-likeness (QED) is 0.884. The van der Waals surface area contributed by atoms with Crippen molar-refractivity contribution in [3.63, 3.8) is 0 Å². The van der Waals surface area contributed by atoms with E-state index in [0.717, 1.165) is 17.0 Å². The van der Waals surface area contributed by atoms with Crippen LogP contribution in [0, 0.1) is 0 Å². The number of hydrogen-bond acceptors (Lipinski definition) is 3. The molecule has 104 valence electrons. The van der Waals surface area contributed by atoms with Gasteiger partial charge < -0.3 is 10.1 Å². The number of carbonyl (C=O) groups is 1. The predicted octanol–water partition coefficient (Wildman–Crippen LogP) is 4.72. The van der Waals surface area contributed by atoms with E-state index in [2.05, 4.69) is 5.32 Å². The molecule has 0 saturated carbocycles. The third kappa shape index (κ3) is 4.03. The highest BCUT2D eigenvalue weighted by Gasteiger charge is 2.11. The van der Waals surface area contributed by atoms with Crippen LogP contribution in [0.15, 0.2) is 54.6 Å². The van der Waals surface area contributed by atoms with Crippen molar-refractivity contribution < 1.29 is 9.53 Å². The van der Waals surface area contributed by atoms with E-state index in [1.807, 2.05) is 61.5 Å². The molecule has 4 heteroatoms. The van der Waals surface area contributed by atoms with E-state index in [0.29, 0.717) is 0 Å². The zero-order chi connectivity index (χ0) is 14.4. The Morgan fingerprint density at radius 2 is 1.75 bits per heavy atom. The van der Waals surface area contributed by atoms with Crippen LogP contribution in [0.25, 0.3) is 0 Å². The van der Waals surface area contributed by atoms with Gasteiger partial charge in [0, 0.05) is 10.9 Å². The number of benzene rings is 2. The highest BCUT2D eigenvalue weighted by atomic mass is 32.2. The van der Waals surface area contributed by atoms with Crippen molar-refractivity contribution in [1.29, 1.82) is 0 Å². The Kier molecular flexibility index (Phi) is 5.07. The van der Waals surface area contributed by atoms with Gasteiger partial charge in [0.25, 0.3) is 5.24 Å². The van der Waals surface area contributed by atoms with Gasteiger partial charge in [-0.25, -0.2) is 0 Å². The second kappa shape index (κ2) is 7.01. The summed E-state index contributed by atoms with van der Waals surface area (Å²) in [6.45, 7) is 2.02. The summed E-state index contributed by atoms with van der Waals surface area (Å²) in [6.07, 6.45) is 0. The molecule has 0 bridgehead atoms. The van der Waals surface area contributed by atoms with Gasteiger partial charge in [0.1, 0.15) is 5.75 Å². The summed E-state index contributed by atoms with van der Waals surface area (Å²) in [5, 5.41) is 2.92. The second-order valence-electron chi connectivity index (χ2n) is 4.31. The van der Waals surface area contributed by atoms with E-state index in [4.69, 9.17) is 4.74 Å². The molecule has 0 radical (unpaired) electrons. The topological polar surface area (TPSA) is 38.3 Å². The molecule has 2 aromatic rings. The van der Waals surface area contributed by atoms with Gasteiger partial charge in [0.2, 0.25) is 0 Å². The fourth-order valence-corrected chi connectivity index (χ4v) is 2.57. The molecule has 0 aromatic heterocycles. The Labute approximate surface area is 123 Å². The van der Waals surface area contributed by atoms with E-state index in [1.54, 1.807) is 7.11 Å². The van der Waals surface area contributed by atoms with Gasteiger partial charge in [-0.05, 0) is 36.8 Å². The molecule has 0 fully saturated rings. The van der Waals surface area contributed by atoms with Crippen molar-refractivity contribution in [2.24, 2.45) is 0 Å². The number of anilines is 1. The Morgan fingerprint density at radius 3 is 2.35 bits per heavy atom. The first-order valence-corrected chi connectivity index (χ1v) is 7.23. The fraction of sp³-hybridized carbons (Fsp3) is 0.188. The van der Waals surface area contributed by atoms with Crippen molar-refractivity contribution in [2.45, 2.75) is 12.2 Å². The summed E-state index contributed by atoms with van der Waals surface area (Å²) >= 11 is 1.28. The Balaban J connectivity index is 1.91. The van der Waals surface area contributed by atoms with Crippen molar-refractivity contribution >= 4 is 22.7 Å². The molecule has 0 spiro atoms. The summed E-state index contributed by atoms with van der Waals surface area (Å²) in [6, 6.07) is 17.3. The summed E-state index contributed by atoms with van der Waals surface area (Å²) in [4.78, 5) is 12.0. The zero-order valence-corrected chi connectivity index (χ0v) is 12.3. The van der Waals surface area contributed by atoms with Gasteiger partial charge in [-0.15, -0.1) is 0 Å². The minimum atomic E-state index is -0.0634. The highest BCUT2D eigenvalue weighted by Crippen LogP contribution is 2.29. The normalized spacial score (nSPS) is 11.7. The zero-order valence-electron chi connectivity index (χ0n) is 11.5. The molecule has 20 heavy (non-hydrogen) atoms. The lowest BCUT2D eigenvalue weighted by atomic mass is 10.2. The number of carbonyl (C=O) groups excluding carboxylic acids is 1.